The van der Waals surface area contributed by atoms with Gasteiger partial charge in [-0.15, -0.1) is 0 Å². The highest BCUT2D eigenvalue weighted by Gasteiger charge is 2.14. The van der Waals surface area contributed by atoms with Crippen molar-refractivity contribution in [3.63, 3.8) is 0 Å². The molecule has 0 aromatic heterocycles. The first-order valence-electron chi connectivity index (χ1n) is 6.76. The number of anilines is 2. The van der Waals surface area contributed by atoms with E-state index >= 15 is 0 Å². The van der Waals surface area contributed by atoms with E-state index in [9.17, 15) is 4.79 Å². The number of benzene rings is 1. The van der Waals surface area contributed by atoms with Gasteiger partial charge in [-0.05, 0) is 37.1 Å². The van der Waals surface area contributed by atoms with Crippen LogP contribution in [0.4, 0.5) is 16.2 Å². The van der Waals surface area contributed by atoms with Gasteiger partial charge in [0.25, 0.3) is 0 Å². The second kappa shape index (κ2) is 6.99. The molecule has 2 amide bonds. The zero-order chi connectivity index (χ0) is 13.5. The first-order valence-corrected chi connectivity index (χ1v) is 6.76. The number of rotatable bonds is 5. The zero-order valence-electron chi connectivity index (χ0n) is 11.0. The van der Waals surface area contributed by atoms with Crippen molar-refractivity contribution in [3.05, 3.63) is 24.3 Å². The fourth-order valence-electron chi connectivity index (χ4n) is 2.19. The van der Waals surface area contributed by atoms with E-state index in [-0.39, 0.29) is 6.03 Å². The van der Waals surface area contributed by atoms with Crippen molar-refractivity contribution in [1.29, 1.82) is 0 Å². The van der Waals surface area contributed by atoms with Crippen molar-refractivity contribution in [2.45, 2.75) is 31.8 Å². The summed E-state index contributed by atoms with van der Waals surface area (Å²) >= 11 is 0. The lowest BCUT2D eigenvalue weighted by Gasteiger charge is -2.12. The highest BCUT2D eigenvalue weighted by atomic mass is 16.5. The highest BCUT2D eigenvalue weighted by molar-refractivity contribution is 5.89. The molecule has 1 saturated carbocycles. The van der Waals surface area contributed by atoms with Crippen LogP contribution in [0.15, 0.2) is 24.3 Å². The van der Waals surface area contributed by atoms with E-state index in [1.54, 1.807) is 24.3 Å². The van der Waals surface area contributed by atoms with E-state index in [1.165, 1.54) is 12.8 Å². The standard InChI is InChI=1S/C14H21N3O2/c15-11-5-7-12(8-6-11)17-14(18)16-9-10-19-13-3-1-2-4-13/h5-8,13H,1-4,9-10,15H2,(H2,16,17,18). The molecule has 1 aliphatic carbocycles. The molecule has 0 aliphatic heterocycles. The fourth-order valence-corrected chi connectivity index (χ4v) is 2.19. The predicted octanol–water partition coefficient (Wildman–Crippen LogP) is 2.35. The van der Waals surface area contributed by atoms with Gasteiger partial charge in [-0.2, -0.15) is 0 Å². The Kier molecular flexibility index (Phi) is 5.03. The van der Waals surface area contributed by atoms with E-state index in [2.05, 4.69) is 10.6 Å². The van der Waals surface area contributed by atoms with Gasteiger partial charge in [-0.1, -0.05) is 12.8 Å². The molecule has 0 heterocycles. The third-order valence-corrected chi connectivity index (χ3v) is 3.21. The second-order valence-electron chi connectivity index (χ2n) is 4.78. The largest absolute Gasteiger partial charge is 0.399 e. The van der Waals surface area contributed by atoms with E-state index in [0.717, 1.165) is 18.5 Å². The average molecular weight is 263 g/mol. The fraction of sp³-hybridized carbons (Fsp3) is 0.500. The van der Waals surface area contributed by atoms with E-state index in [1.807, 2.05) is 0 Å². The summed E-state index contributed by atoms with van der Waals surface area (Å²) in [4.78, 5) is 11.6. The van der Waals surface area contributed by atoms with Crippen molar-refractivity contribution in [2.75, 3.05) is 24.2 Å². The third-order valence-electron chi connectivity index (χ3n) is 3.21. The molecule has 0 bridgehead atoms. The second-order valence-corrected chi connectivity index (χ2v) is 4.78. The molecule has 104 valence electrons. The van der Waals surface area contributed by atoms with Gasteiger partial charge >= 0.3 is 6.03 Å². The van der Waals surface area contributed by atoms with Crippen LogP contribution in [0.5, 0.6) is 0 Å². The Bertz CT molecular complexity index is 400. The van der Waals surface area contributed by atoms with Crippen LogP contribution in [-0.2, 0) is 4.74 Å². The smallest absolute Gasteiger partial charge is 0.319 e. The van der Waals surface area contributed by atoms with E-state index < -0.39 is 0 Å². The van der Waals surface area contributed by atoms with Gasteiger partial charge in [-0.3, -0.25) is 0 Å². The summed E-state index contributed by atoms with van der Waals surface area (Å²) in [6.45, 7) is 1.09. The monoisotopic (exact) mass is 263 g/mol. The number of nitrogens with one attached hydrogen (secondary N) is 2. The molecule has 0 unspecified atom stereocenters. The van der Waals surface area contributed by atoms with Crippen molar-refractivity contribution >= 4 is 17.4 Å². The van der Waals surface area contributed by atoms with E-state index in [0.29, 0.717) is 24.9 Å². The Morgan fingerprint density at radius 3 is 2.63 bits per heavy atom. The molecule has 0 radical (unpaired) electrons. The summed E-state index contributed by atoms with van der Waals surface area (Å²) in [6, 6.07) is 6.81. The maximum absolute atomic E-state index is 11.6. The molecule has 1 aliphatic rings. The summed E-state index contributed by atoms with van der Waals surface area (Å²) in [5, 5.41) is 5.50. The van der Waals surface area contributed by atoms with Gasteiger partial charge in [0.1, 0.15) is 0 Å². The number of carbonyl (C=O) groups is 1. The van der Waals surface area contributed by atoms with Crippen molar-refractivity contribution in [2.24, 2.45) is 0 Å². The molecule has 4 N–H and O–H groups in total. The lowest BCUT2D eigenvalue weighted by atomic mass is 10.3. The molecule has 1 aromatic carbocycles. The molecule has 1 aromatic rings. The Morgan fingerprint density at radius 2 is 1.95 bits per heavy atom. The Hall–Kier alpha value is -1.75. The number of urea groups is 1. The maximum atomic E-state index is 11.6. The predicted molar refractivity (Wildman–Crippen MR) is 76.1 cm³/mol. The van der Waals surface area contributed by atoms with Crippen LogP contribution < -0.4 is 16.4 Å². The molecule has 19 heavy (non-hydrogen) atoms. The van der Waals surface area contributed by atoms with Gasteiger partial charge in [0.2, 0.25) is 0 Å². The van der Waals surface area contributed by atoms with Crippen LogP contribution in [0.25, 0.3) is 0 Å². The third kappa shape index (κ3) is 4.79. The molecule has 0 saturated heterocycles. The molecular formula is C14H21N3O2. The van der Waals surface area contributed by atoms with Crippen LogP contribution >= 0.6 is 0 Å². The normalized spacial score (nSPS) is 15.4. The Labute approximate surface area is 113 Å². The highest BCUT2D eigenvalue weighted by Crippen LogP contribution is 2.20. The van der Waals surface area contributed by atoms with Gasteiger partial charge in [0.05, 0.1) is 12.7 Å². The lowest BCUT2D eigenvalue weighted by Crippen LogP contribution is -2.32. The van der Waals surface area contributed by atoms with Gasteiger partial charge in [0.15, 0.2) is 0 Å². The number of nitrogen functional groups attached to an aromatic ring is 1. The molecule has 1 fully saturated rings. The minimum Gasteiger partial charge on any atom is -0.399 e. The van der Waals surface area contributed by atoms with Crippen molar-refractivity contribution in [1.82, 2.24) is 5.32 Å². The quantitative estimate of drug-likeness (QED) is 0.563. The number of ether oxygens (including phenoxy) is 1. The van der Waals surface area contributed by atoms with Gasteiger partial charge in [0, 0.05) is 17.9 Å². The van der Waals surface area contributed by atoms with Crippen LogP contribution in [0, 0.1) is 0 Å². The van der Waals surface area contributed by atoms with Crippen LogP contribution in [0.2, 0.25) is 0 Å². The van der Waals surface area contributed by atoms with Crippen molar-refractivity contribution in [3.8, 4) is 0 Å². The van der Waals surface area contributed by atoms with Crippen LogP contribution in [0.3, 0.4) is 0 Å². The first kappa shape index (κ1) is 13.7. The summed E-state index contributed by atoms with van der Waals surface area (Å²) in [7, 11) is 0. The average Bonchev–Trinajstić information content (AvgIpc) is 2.91. The molecule has 5 heteroatoms. The maximum Gasteiger partial charge on any atom is 0.319 e. The summed E-state index contributed by atoms with van der Waals surface area (Å²) in [5.74, 6) is 0. The summed E-state index contributed by atoms with van der Waals surface area (Å²) in [6.07, 6.45) is 5.21. The topological polar surface area (TPSA) is 76.4 Å². The summed E-state index contributed by atoms with van der Waals surface area (Å²) in [5.41, 5.74) is 6.97. The number of amides is 2. The minimum absolute atomic E-state index is 0.222. The SMILES string of the molecule is Nc1ccc(NC(=O)NCCOC2CCCC2)cc1. The van der Waals surface area contributed by atoms with Gasteiger partial charge < -0.3 is 21.1 Å². The van der Waals surface area contributed by atoms with Crippen molar-refractivity contribution < 1.29 is 9.53 Å². The number of hydrogen-bond donors (Lipinski definition) is 3. The molecule has 5 nitrogen and oxygen atoms in total. The van der Waals surface area contributed by atoms with Crippen LogP contribution in [-0.4, -0.2) is 25.3 Å². The zero-order valence-corrected chi connectivity index (χ0v) is 11.0. The first-order chi connectivity index (χ1) is 9.24. The van der Waals surface area contributed by atoms with E-state index in [4.69, 9.17) is 10.5 Å². The van der Waals surface area contributed by atoms with Crippen LogP contribution in [0.1, 0.15) is 25.7 Å². The molecule has 0 atom stereocenters. The molecule has 0 spiro atoms. The number of carbonyl (C=O) groups excluding carboxylic acids is 1. The number of nitrogens with two attached hydrogens (primary N) is 1. The Morgan fingerprint density at radius 1 is 1.26 bits per heavy atom. The number of hydrogen-bond acceptors (Lipinski definition) is 3. The summed E-state index contributed by atoms with van der Waals surface area (Å²) < 4.78 is 5.66. The molecule has 2 rings (SSSR count). The van der Waals surface area contributed by atoms with Gasteiger partial charge in [-0.25, -0.2) is 4.79 Å². The molecular weight excluding hydrogens is 242 g/mol. The lowest BCUT2D eigenvalue weighted by molar-refractivity contribution is 0.0615. The minimum atomic E-state index is -0.222. The Balaban J connectivity index is 1.60.